The van der Waals surface area contributed by atoms with Gasteiger partial charge in [0.25, 0.3) is 0 Å². The Kier molecular flexibility index (Phi) is 2.14. The van der Waals surface area contributed by atoms with Gasteiger partial charge in [-0.3, -0.25) is 0 Å². The van der Waals surface area contributed by atoms with Crippen LogP contribution in [-0.2, 0) is 7.05 Å². The van der Waals surface area contributed by atoms with Crippen LogP contribution in [-0.4, -0.2) is 38.8 Å². The fraction of sp³-hybridized carbons (Fsp3) is 0.875. The van der Waals surface area contributed by atoms with Gasteiger partial charge in [0.2, 0.25) is 5.95 Å². The third-order valence-electron chi connectivity index (χ3n) is 2.64. The Hall–Kier alpha value is -1.17. The van der Waals surface area contributed by atoms with E-state index in [1.54, 1.807) is 4.68 Å². The van der Waals surface area contributed by atoms with Crippen molar-refractivity contribution in [3.63, 3.8) is 0 Å². The zero-order valence-corrected chi connectivity index (χ0v) is 8.64. The minimum atomic E-state index is -0.0271. The first-order valence-electron chi connectivity index (χ1n) is 4.91. The molecule has 0 aliphatic carbocycles. The summed E-state index contributed by atoms with van der Waals surface area (Å²) in [5.74, 6) is 0.808. The Morgan fingerprint density at radius 1 is 1.50 bits per heavy atom. The summed E-state index contributed by atoms with van der Waals surface area (Å²) in [7, 11) is 1.84. The standard InChI is InChI=1S/C8H16N6/c1-3-4-8(9)5-14(6-8)7-10-11-12-13(7)2/h3-6,9H2,1-2H3. The van der Waals surface area contributed by atoms with Crippen LogP contribution in [0.15, 0.2) is 0 Å². The van der Waals surface area contributed by atoms with Gasteiger partial charge in [-0.2, -0.15) is 0 Å². The largest absolute Gasteiger partial charge is 0.336 e. The van der Waals surface area contributed by atoms with Gasteiger partial charge >= 0.3 is 0 Å². The van der Waals surface area contributed by atoms with Crippen LogP contribution in [0, 0.1) is 0 Å². The van der Waals surface area contributed by atoms with Gasteiger partial charge in [-0.15, -0.1) is 0 Å². The first kappa shape index (κ1) is 9.39. The maximum atomic E-state index is 6.14. The van der Waals surface area contributed by atoms with Crippen LogP contribution in [0.5, 0.6) is 0 Å². The third kappa shape index (κ3) is 1.45. The molecule has 2 heterocycles. The number of hydrogen-bond donors (Lipinski definition) is 1. The first-order chi connectivity index (χ1) is 6.64. The fourth-order valence-corrected chi connectivity index (χ4v) is 2.00. The average Bonchev–Trinajstić information content (AvgIpc) is 2.47. The molecule has 0 bridgehead atoms. The van der Waals surface area contributed by atoms with E-state index in [4.69, 9.17) is 5.73 Å². The summed E-state index contributed by atoms with van der Waals surface area (Å²) in [6.45, 7) is 3.87. The number of nitrogens with two attached hydrogens (primary N) is 1. The number of hydrogen-bond acceptors (Lipinski definition) is 5. The highest BCUT2D eigenvalue weighted by Gasteiger charge is 2.40. The molecule has 0 unspecified atom stereocenters. The quantitative estimate of drug-likeness (QED) is 0.707. The lowest BCUT2D eigenvalue weighted by molar-refractivity contribution is 0.301. The molecule has 1 saturated heterocycles. The van der Waals surface area contributed by atoms with Crippen molar-refractivity contribution in [2.45, 2.75) is 25.3 Å². The van der Waals surface area contributed by atoms with E-state index < -0.39 is 0 Å². The Balaban J connectivity index is 1.98. The van der Waals surface area contributed by atoms with E-state index in [1.165, 1.54) is 0 Å². The predicted octanol–water partition coefficient (Wildman–Crippen LogP) is -0.472. The van der Waals surface area contributed by atoms with Crippen LogP contribution in [0.3, 0.4) is 0 Å². The predicted molar refractivity (Wildman–Crippen MR) is 52.8 cm³/mol. The van der Waals surface area contributed by atoms with E-state index in [9.17, 15) is 0 Å². The average molecular weight is 196 g/mol. The summed E-state index contributed by atoms with van der Waals surface area (Å²) in [6, 6.07) is 0. The Labute approximate surface area is 83.1 Å². The molecule has 0 aromatic carbocycles. The molecular weight excluding hydrogens is 180 g/mol. The molecule has 0 spiro atoms. The maximum Gasteiger partial charge on any atom is 0.245 e. The van der Waals surface area contributed by atoms with Gasteiger partial charge in [-0.05, 0) is 16.8 Å². The van der Waals surface area contributed by atoms with Crippen LogP contribution in [0.4, 0.5) is 5.95 Å². The highest BCUT2D eigenvalue weighted by atomic mass is 15.6. The van der Waals surface area contributed by atoms with E-state index in [-0.39, 0.29) is 5.54 Å². The normalized spacial score (nSPS) is 19.5. The van der Waals surface area contributed by atoms with E-state index in [1.807, 2.05) is 7.05 Å². The lowest BCUT2D eigenvalue weighted by Crippen LogP contribution is -2.68. The SMILES string of the molecule is CCCC1(N)CN(c2nnnn2C)C1. The van der Waals surface area contributed by atoms with Crippen LogP contribution in [0.25, 0.3) is 0 Å². The molecule has 2 N–H and O–H groups in total. The van der Waals surface area contributed by atoms with Gasteiger partial charge in [0.05, 0.1) is 5.54 Å². The molecule has 0 saturated carbocycles. The summed E-state index contributed by atoms with van der Waals surface area (Å²) in [5.41, 5.74) is 6.11. The lowest BCUT2D eigenvalue weighted by atomic mass is 9.87. The van der Waals surface area contributed by atoms with Crippen LogP contribution in [0.2, 0.25) is 0 Å². The van der Waals surface area contributed by atoms with Gasteiger partial charge in [-0.1, -0.05) is 18.4 Å². The zero-order chi connectivity index (χ0) is 10.2. The van der Waals surface area contributed by atoms with Crippen molar-refractivity contribution in [1.82, 2.24) is 20.2 Å². The molecule has 1 fully saturated rings. The highest BCUT2D eigenvalue weighted by molar-refractivity contribution is 5.36. The van der Waals surface area contributed by atoms with Crippen molar-refractivity contribution in [2.24, 2.45) is 12.8 Å². The van der Waals surface area contributed by atoms with E-state index in [2.05, 4.69) is 27.3 Å². The summed E-state index contributed by atoms with van der Waals surface area (Å²) < 4.78 is 1.67. The molecule has 0 atom stereocenters. The second-order valence-corrected chi connectivity index (χ2v) is 4.07. The fourth-order valence-electron chi connectivity index (χ4n) is 2.00. The van der Waals surface area contributed by atoms with Gasteiger partial charge in [0, 0.05) is 20.1 Å². The molecule has 1 aromatic heterocycles. The molecule has 6 heteroatoms. The summed E-state index contributed by atoms with van der Waals surface area (Å²) in [6.07, 6.45) is 2.19. The van der Waals surface area contributed by atoms with Crippen molar-refractivity contribution in [1.29, 1.82) is 0 Å². The molecule has 0 amide bonds. The molecule has 2 rings (SSSR count). The minimum absolute atomic E-state index is 0.0271. The summed E-state index contributed by atoms with van der Waals surface area (Å²) in [4.78, 5) is 2.11. The molecule has 6 nitrogen and oxygen atoms in total. The minimum Gasteiger partial charge on any atom is -0.336 e. The van der Waals surface area contributed by atoms with Crippen molar-refractivity contribution in [3.05, 3.63) is 0 Å². The van der Waals surface area contributed by atoms with Gasteiger partial charge in [0.1, 0.15) is 0 Å². The number of anilines is 1. The summed E-state index contributed by atoms with van der Waals surface area (Å²) in [5, 5.41) is 11.3. The van der Waals surface area contributed by atoms with Crippen molar-refractivity contribution in [3.8, 4) is 0 Å². The molecule has 0 radical (unpaired) electrons. The highest BCUT2D eigenvalue weighted by Crippen LogP contribution is 2.26. The van der Waals surface area contributed by atoms with Crippen LogP contribution in [0.1, 0.15) is 19.8 Å². The van der Waals surface area contributed by atoms with Crippen molar-refractivity contribution in [2.75, 3.05) is 18.0 Å². The van der Waals surface area contributed by atoms with E-state index in [0.29, 0.717) is 0 Å². The second-order valence-electron chi connectivity index (χ2n) is 4.07. The van der Waals surface area contributed by atoms with Crippen LogP contribution >= 0.6 is 0 Å². The van der Waals surface area contributed by atoms with Gasteiger partial charge < -0.3 is 10.6 Å². The number of aryl methyl sites for hydroxylation is 1. The first-order valence-corrected chi connectivity index (χ1v) is 4.91. The zero-order valence-electron chi connectivity index (χ0n) is 8.64. The smallest absolute Gasteiger partial charge is 0.245 e. The van der Waals surface area contributed by atoms with Crippen molar-refractivity contribution < 1.29 is 0 Å². The second kappa shape index (κ2) is 3.20. The summed E-state index contributed by atoms with van der Waals surface area (Å²) >= 11 is 0. The molecule has 78 valence electrons. The number of tetrazole rings is 1. The molecule has 14 heavy (non-hydrogen) atoms. The van der Waals surface area contributed by atoms with Gasteiger partial charge in [0.15, 0.2) is 0 Å². The molecule has 1 aromatic rings. The Morgan fingerprint density at radius 2 is 2.21 bits per heavy atom. The molecular formula is C8H16N6. The molecule has 1 aliphatic heterocycles. The van der Waals surface area contributed by atoms with Gasteiger partial charge in [-0.25, -0.2) is 4.68 Å². The van der Waals surface area contributed by atoms with E-state index in [0.717, 1.165) is 31.9 Å². The third-order valence-corrected chi connectivity index (χ3v) is 2.64. The van der Waals surface area contributed by atoms with Crippen LogP contribution < -0.4 is 10.6 Å². The molecule has 1 aliphatic rings. The lowest BCUT2D eigenvalue weighted by Gasteiger charge is -2.47. The monoisotopic (exact) mass is 196 g/mol. The Bertz CT molecular complexity index is 313. The number of aromatic nitrogens is 4. The number of rotatable bonds is 3. The maximum absolute atomic E-state index is 6.14. The Morgan fingerprint density at radius 3 is 2.71 bits per heavy atom. The topological polar surface area (TPSA) is 72.9 Å². The van der Waals surface area contributed by atoms with Crippen molar-refractivity contribution >= 4 is 5.95 Å². The van der Waals surface area contributed by atoms with E-state index >= 15 is 0 Å². The number of nitrogens with zero attached hydrogens (tertiary/aromatic N) is 5.